The van der Waals surface area contributed by atoms with Crippen LogP contribution >= 0.6 is 0 Å². The molecule has 0 aromatic heterocycles. The van der Waals surface area contributed by atoms with Crippen LogP contribution in [0.1, 0.15) is 22.8 Å². The predicted octanol–water partition coefficient (Wildman–Crippen LogP) is 3.07. The maximum Gasteiger partial charge on any atom is 0.338 e. The molecule has 0 N–H and O–H groups in total. The Morgan fingerprint density at radius 2 is 2.18 bits per heavy atom. The lowest BCUT2D eigenvalue weighted by atomic mass is 10.1. The van der Waals surface area contributed by atoms with Crippen LogP contribution in [0.5, 0.6) is 5.75 Å². The van der Waals surface area contributed by atoms with Crippen molar-refractivity contribution in [2.24, 2.45) is 0 Å². The maximum absolute atomic E-state index is 11.5. The van der Waals surface area contributed by atoms with Gasteiger partial charge in [-0.1, -0.05) is 25.3 Å². The van der Waals surface area contributed by atoms with Gasteiger partial charge >= 0.3 is 5.97 Å². The molecule has 90 valence electrons. The van der Waals surface area contributed by atoms with E-state index in [4.69, 9.17) is 9.47 Å². The van der Waals surface area contributed by atoms with Crippen LogP contribution in [-0.2, 0) is 4.74 Å². The number of benzene rings is 1. The van der Waals surface area contributed by atoms with E-state index in [1.54, 1.807) is 37.3 Å². The second-order valence-electron chi connectivity index (χ2n) is 3.28. The summed E-state index contributed by atoms with van der Waals surface area (Å²) in [5.41, 5.74) is 1.25. The van der Waals surface area contributed by atoms with E-state index in [0.717, 1.165) is 5.56 Å². The maximum atomic E-state index is 11.5. The lowest BCUT2D eigenvalue weighted by Gasteiger charge is -2.09. The van der Waals surface area contributed by atoms with E-state index >= 15 is 0 Å². The smallest absolute Gasteiger partial charge is 0.338 e. The first-order valence-electron chi connectivity index (χ1n) is 5.40. The summed E-state index contributed by atoms with van der Waals surface area (Å²) in [5.74, 6) is 0.332. The molecule has 17 heavy (non-hydrogen) atoms. The quantitative estimate of drug-likeness (QED) is 0.558. The monoisotopic (exact) mass is 232 g/mol. The van der Waals surface area contributed by atoms with Crippen LogP contribution < -0.4 is 4.74 Å². The topological polar surface area (TPSA) is 35.5 Å². The fourth-order valence-corrected chi connectivity index (χ4v) is 1.33. The van der Waals surface area contributed by atoms with Crippen LogP contribution in [0.4, 0.5) is 0 Å². The number of carbonyl (C=O) groups excluding carboxylic acids is 1. The fraction of sp³-hybridized carbons (Fsp3) is 0.214. The number of rotatable bonds is 6. The Labute approximate surface area is 101 Å². The minimum Gasteiger partial charge on any atom is -0.489 e. The highest BCUT2D eigenvalue weighted by Crippen LogP contribution is 2.21. The normalized spacial score (nSPS) is 9.47. The molecule has 0 atom stereocenters. The highest BCUT2D eigenvalue weighted by molar-refractivity contribution is 5.90. The van der Waals surface area contributed by atoms with Crippen molar-refractivity contribution in [3.8, 4) is 5.75 Å². The minimum absolute atomic E-state index is 0.342. The van der Waals surface area contributed by atoms with Gasteiger partial charge in [0.05, 0.1) is 12.2 Å². The molecule has 0 saturated carbocycles. The number of carbonyl (C=O) groups is 1. The summed E-state index contributed by atoms with van der Waals surface area (Å²) >= 11 is 0. The molecule has 0 unspecified atom stereocenters. The summed E-state index contributed by atoms with van der Waals surface area (Å²) in [7, 11) is 0. The average molecular weight is 232 g/mol. The van der Waals surface area contributed by atoms with Crippen LogP contribution in [0.2, 0.25) is 0 Å². The van der Waals surface area contributed by atoms with E-state index in [1.807, 2.05) is 0 Å². The van der Waals surface area contributed by atoms with Crippen molar-refractivity contribution in [3.63, 3.8) is 0 Å². The van der Waals surface area contributed by atoms with Gasteiger partial charge < -0.3 is 9.47 Å². The average Bonchev–Trinajstić information content (AvgIpc) is 2.36. The van der Waals surface area contributed by atoms with Crippen LogP contribution in [0.3, 0.4) is 0 Å². The Balaban J connectivity index is 2.95. The van der Waals surface area contributed by atoms with Crippen molar-refractivity contribution in [3.05, 3.63) is 48.6 Å². The Morgan fingerprint density at radius 3 is 2.76 bits per heavy atom. The van der Waals surface area contributed by atoms with Gasteiger partial charge in [0.1, 0.15) is 12.4 Å². The van der Waals surface area contributed by atoms with Crippen LogP contribution in [0.15, 0.2) is 37.4 Å². The van der Waals surface area contributed by atoms with Gasteiger partial charge in [0.25, 0.3) is 0 Å². The molecule has 1 rings (SSSR count). The number of hydrogen-bond donors (Lipinski definition) is 0. The molecule has 0 bridgehead atoms. The predicted molar refractivity (Wildman–Crippen MR) is 68.2 cm³/mol. The van der Waals surface area contributed by atoms with E-state index < -0.39 is 0 Å². The molecule has 3 heteroatoms. The van der Waals surface area contributed by atoms with Crippen molar-refractivity contribution >= 4 is 12.0 Å². The molecular formula is C14H16O3. The van der Waals surface area contributed by atoms with Crippen molar-refractivity contribution in [2.45, 2.75) is 6.92 Å². The highest BCUT2D eigenvalue weighted by atomic mass is 16.5. The molecule has 0 spiro atoms. The summed E-state index contributed by atoms with van der Waals surface area (Å²) in [5, 5.41) is 0. The molecule has 1 aromatic carbocycles. The lowest BCUT2D eigenvalue weighted by molar-refractivity contribution is 0.0526. The summed E-state index contributed by atoms with van der Waals surface area (Å²) in [6.07, 6.45) is 3.30. The van der Waals surface area contributed by atoms with E-state index in [9.17, 15) is 4.79 Å². The summed E-state index contributed by atoms with van der Waals surface area (Å²) in [4.78, 5) is 11.5. The molecule has 1 aromatic rings. The van der Waals surface area contributed by atoms with Crippen molar-refractivity contribution in [2.75, 3.05) is 13.2 Å². The van der Waals surface area contributed by atoms with Crippen LogP contribution in [0.25, 0.3) is 6.08 Å². The second-order valence-corrected chi connectivity index (χ2v) is 3.28. The first-order valence-corrected chi connectivity index (χ1v) is 5.40. The molecule has 0 fully saturated rings. The molecule has 3 nitrogen and oxygen atoms in total. The van der Waals surface area contributed by atoms with Crippen molar-refractivity contribution in [1.82, 2.24) is 0 Å². The fourth-order valence-electron chi connectivity index (χ4n) is 1.33. The minimum atomic E-state index is -0.342. The second kappa shape index (κ2) is 6.53. The molecule has 0 radical (unpaired) electrons. The summed E-state index contributed by atoms with van der Waals surface area (Å²) in [6.45, 7) is 9.81. The lowest BCUT2D eigenvalue weighted by Crippen LogP contribution is -2.05. The molecule has 0 amide bonds. The van der Waals surface area contributed by atoms with E-state index in [-0.39, 0.29) is 5.97 Å². The molecule has 0 heterocycles. The molecule has 0 aliphatic rings. The SMILES string of the molecule is C=CCOc1ccc(C(=O)OCC)cc1C=C. The van der Waals surface area contributed by atoms with Gasteiger partial charge in [-0.15, -0.1) is 0 Å². The van der Waals surface area contributed by atoms with Gasteiger partial charge in [0.2, 0.25) is 0 Å². The van der Waals surface area contributed by atoms with E-state index in [2.05, 4.69) is 13.2 Å². The van der Waals surface area contributed by atoms with Crippen molar-refractivity contribution < 1.29 is 14.3 Å². The zero-order valence-corrected chi connectivity index (χ0v) is 9.94. The molecule has 0 saturated heterocycles. The van der Waals surface area contributed by atoms with Gasteiger partial charge in [0.15, 0.2) is 0 Å². The molecular weight excluding hydrogens is 216 g/mol. The Morgan fingerprint density at radius 1 is 1.41 bits per heavy atom. The molecule has 0 aliphatic carbocycles. The Kier molecular flexibility index (Phi) is 5.01. The number of hydrogen-bond acceptors (Lipinski definition) is 3. The first-order chi connectivity index (χ1) is 8.22. The third-order valence-electron chi connectivity index (χ3n) is 2.10. The zero-order chi connectivity index (χ0) is 12.7. The van der Waals surface area contributed by atoms with E-state index in [0.29, 0.717) is 24.5 Å². The summed E-state index contributed by atoms with van der Waals surface area (Å²) < 4.78 is 10.3. The first kappa shape index (κ1) is 13.0. The van der Waals surface area contributed by atoms with Gasteiger partial charge in [-0.05, 0) is 25.1 Å². The summed E-state index contributed by atoms with van der Waals surface area (Å²) in [6, 6.07) is 5.10. The largest absolute Gasteiger partial charge is 0.489 e. The van der Waals surface area contributed by atoms with Gasteiger partial charge in [-0.2, -0.15) is 0 Å². The Hall–Kier alpha value is -2.03. The van der Waals surface area contributed by atoms with Crippen molar-refractivity contribution in [1.29, 1.82) is 0 Å². The molecule has 0 aliphatic heterocycles. The third-order valence-corrected chi connectivity index (χ3v) is 2.10. The highest BCUT2D eigenvalue weighted by Gasteiger charge is 2.09. The van der Waals surface area contributed by atoms with Gasteiger partial charge in [-0.3, -0.25) is 0 Å². The third kappa shape index (κ3) is 3.48. The standard InChI is InChI=1S/C14H16O3/c1-4-9-17-13-8-7-12(10-11(13)5-2)14(15)16-6-3/h4-5,7-8,10H,1-2,6,9H2,3H3. The van der Waals surface area contributed by atoms with Crippen LogP contribution in [0, 0.1) is 0 Å². The van der Waals surface area contributed by atoms with E-state index in [1.165, 1.54) is 0 Å². The Bertz CT molecular complexity index is 421. The van der Waals surface area contributed by atoms with Crippen LogP contribution in [-0.4, -0.2) is 19.2 Å². The number of ether oxygens (including phenoxy) is 2. The zero-order valence-electron chi connectivity index (χ0n) is 9.94. The van der Waals surface area contributed by atoms with Gasteiger partial charge in [0, 0.05) is 5.56 Å². The number of esters is 1. The van der Waals surface area contributed by atoms with Gasteiger partial charge in [-0.25, -0.2) is 4.79 Å².